The summed E-state index contributed by atoms with van der Waals surface area (Å²) >= 11 is 0. The van der Waals surface area contributed by atoms with Gasteiger partial charge in [-0.15, -0.1) is 13.2 Å². The molecule has 1 nitrogen and oxygen atoms in total. The van der Waals surface area contributed by atoms with Gasteiger partial charge in [-0.2, -0.15) is 0 Å². The predicted molar refractivity (Wildman–Crippen MR) is 54.0 cm³/mol. The fraction of sp³-hybridized carbons (Fsp3) is 0.800. The van der Waals surface area contributed by atoms with Gasteiger partial charge in [-0.3, -0.25) is 0 Å². The third-order valence-corrected chi connectivity index (χ3v) is 1.68. The predicted octanol–water partition coefficient (Wildman–Crippen LogP) is 2.93. The number of rotatable bonds is 5. The van der Waals surface area contributed by atoms with Crippen LogP contribution < -0.4 is 0 Å². The Morgan fingerprint density at radius 3 is 2.00 bits per heavy atom. The van der Waals surface area contributed by atoms with Crippen LogP contribution in [0, 0.1) is 0 Å². The van der Waals surface area contributed by atoms with Crippen LogP contribution in [0.15, 0.2) is 13.2 Å². The van der Waals surface area contributed by atoms with Crippen molar-refractivity contribution in [2.24, 2.45) is 0 Å². The first-order valence-electron chi connectivity index (χ1n) is 4.49. The zero-order valence-corrected chi connectivity index (χ0v) is 8.40. The van der Waals surface area contributed by atoms with Gasteiger partial charge in [0.15, 0.2) is 0 Å². The molecule has 68 valence electrons. The van der Waals surface area contributed by atoms with Crippen LogP contribution in [0.2, 0.25) is 0 Å². The fourth-order valence-electron chi connectivity index (χ4n) is 0.790. The van der Waals surface area contributed by atoms with Crippen molar-refractivity contribution >= 4 is 0 Å². The zero-order chi connectivity index (χ0) is 9.11. The standard InChI is InChI=1S/C8H19N.C2H4/c1-4-6-7-8-9(3)5-2;1-2/h4-8H2,1-3H3;1-2H2. The van der Waals surface area contributed by atoms with Crippen LogP contribution in [-0.4, -0.2) is 25.0 Å². The molecule has 0 N–H and O–H groups in total. The molecule has 0 spiro atoms. The van der Waals surface area contributed by atoms with E-state index in [1.807, 2.05) is 0 Å². The summed E-state index contributed by atoms with van der Waals surface area (Å²) in [6.45, 7) is 12.9. The van der Waals surface area contributed by atoms with Crippen molar-refractivity contribution in [2.45, 2.75) is 33.1 Å². The molecule has 0 aliphatic rings. The van der Waals surface area contributed by atoms with Crippen LogP contribution in [0.5, 0.6) is 0 Å². The molecule has 0 fully saturated rings. The molecule has 0 aromatic carbocycles. The number of nitrogens with zero attached hydrogens (tertiary/aromatic N) is 1. The van der Waals surface area contributed by atoms with Gasteiger partial charge in [0.1, 0.15) is 0 Å². The highest BCUT2D eigenvalue weighted by atomic mass is 15.1. The molecule has 1 heteroatoms. The van der Waals surface area contributed by atoms with E-state index >= 15 is 0 Å². The maximum Gasteiger partial charge on any atom is -0.00219 e. The van der Waals surface area contributed by atoms with Crippen molar-refractivity contribution in [1.82, 2.24) is 4.90 Å². The molecule has 0 amide bonds. The van der Waals surface area contributed by atoms with Crippen LogP contribution in [0.25, 0.3) is 0 Å². The normalized spacial score (nSPS) is 9.09. The van der Waals surface area contributed by atoms with E-state index in [9.17, 15) is 0 Å². The van der Waals surface area contributed by atoms with E-state index in [2.05, 4.69) is 39.0 Å². The quantitative estimate of drug-likeness (QED) is 0.438. The molecule has 0 heterocycles. The van der Waals surface area contributed by atoms with Crippen molar-refractivity contribution in [2.75, 3.05) is 20.1 Å². The zero-order valence-electron chi connectivity index (χ0n) is 8.40. The van der Waals surface area contributed by atoms with Crippen molar-refractivity contribution < 1.29 is 0 Å². The molecule has 0 unspecified atom stereocenters. The maximum absolute atomic E-state index is 3.00. The van der Waals surface area contributed by atoms with E-state index < -0.39 is 0 Å². The Morgan fingerprint density at radius 1 is 1.09 bits per heavy atom. The van der Waals surface area contributed by atoms with E-state index in [0.29, 0.717) is 0 Å². The molecule has 0 saturated heterocycles. The van der Waals surface area contributed by atoms with Gasteiger partial charge in [0.25, 0.3) is 0 Å². The lowest BCUT2D eigenvalue weighted by Gasteiger charge is -2.12. The number of hydrogen-bond donors (Lipinski definition) is 0. The Bertz CT molecular complexity index is 61.9. The average Bonchev–Trinajstić information content (AvgIpc) is 2.08. The van der Waals surface area contributed by atoms with E-state index in [1.54, 1.807) is 0 Å². The first kappa shape index (κ1) is 13.3. The molecular formula is C10H23N. The molecule has 11 heavy (non-hydrogen) atoms. The van der Waals surface area contributed by atoms with Gasteiger partial charge in [-0.05, 0) is 26.6 Å². The summed E-state index contributed by atoms with van der Waals surface area (Å²) in [7, 11) is 2.18. The second-order valence-electron chi connectivity index (χ2n) is 2.60. The first-order valence-corrected chi connectivity index (χ1v) is 4.49. The highest BCUT2D eigenvalue weighted by Crippen LogP contribution is 1.94. The van der Waals surface area contributed by atoms with Gasteiger partial charge in [-0.1, -0.05) is 26.7 Å². The molecule has 0 aromatic rings. The van der Waals surface area contributed by atoms with Gasteiger partial charge in [0.2, 0.25) is 0 Å². The van der Waals surface area contributed by atoms with E-state index in [0.717, 1.165) is 0 Å². The molecule has 0 aliphatic carbocycles. The van der Waals surface area contributed by atoms with Gasteiger partial charge in [0.05, 0.1) is 0 Å². The van der Waals surface area contributed by atoms with Crippen LogP contribution in [-0.2, 0) is 0 Å². The van der Waals surface area contributed by atoms with Crippen LogP contribution in [0.1, 0.15) is 33.1 Å². The molecule has 0 saturated carbocycles. The van der Waals surface area contributed by atoms with Crippen molar-refractivity contribution in [1.29, 1.82) is 0 Å². The van der Waals surface area contributed by atoms with E-state index in [1.165, 1.54) is 32.4 Å². The Hall–Kier alpha value is -0.300. The smallest absolute Gasteiger partial charge is 0.00219 e. The molecule has 0 aliphatic heterocycles. The van der Waals surface area contributed by atoms with Crippen molar-refractivity contribution in [3.63, 3.8) is 0 Å². The van der Waals surface area contributed by atoms with Gasteiger partial charge >= 0.3 is 0 Å². The van der Waals surface area contributed by atoms with E-state index in [-0.39, 0.29) is 0 Å². The SMILES string of the molecule is C=C.CCCCCN(C)CC. The van der Waals surface area contributed by atoms with Gasteiger partial charge in [0, 0.05) is 0 Å². The summed E-state index contributed by atoms with van der Waals surface area (Å²) in [6, 6.07) is 0. The molecule has 0 radical (unpaired) electrons. The highest BCUT2D eigenvalue weighted by Gasteiger charge is 1.91. The van der Waals surface area contributed by atoms with Crippen molar-refractivity contribution in [3.05, 3.63) is 13.2 Å². The van der Waals surface area contributed by atoms with Crippen LogP contribution in [0.3, 0.4) is 0 Å². The summed E-state index contributed by atoms with van der Waals surface area (Å²) in [5, 5.41) is 0. The Labute approximate surface area is 72.1 Å². The third kappa shape index (κ3) is 12.8. The topological polar surface area (TPSA) is 3.24 Å². The average molecular weight is 157 g/mol. The van der Waals surface area contributed by atoms with E-state index in [4.69, 9.17) is 0 Å². The van der Waals surface area contributed by atoms with Gasteiger partial charge in [-0.25, -0.2) is 0 Å². The third-order valence-electron chi connectivity index (χ3n) is 1.68. The maximum atomic E-state index is 3.00. The fourth-order valence-corrected chi connectivity index (χ4v) is 0.790. The summed E-state index contributed by atoms with van der Waals surface area (Å²) < 4.78 is 0. The second kappa shape index (κ2) is 12.4. The number of hydrogen-bond acceptors (Lipinski definition) is 1. The van der Waals surface area contributed by atoms with Crippen LogP contribution in [0.4, 0.5) is 0 Å². The molecule has 0 atom stereocenters. The summed E-state index contributed by atoms with van der Waals surface area (Å²) in [5.74, 6) is 0. The lowest BCUT2D eigenvalue weighted by molar-refractivity contribution is 0.343. The Kier molecular flexibility index (Phi) is 15.0. The minimum atomic E-state index is 1.18. The first-order chi connectivity index (χ1) is 5.31. The molecule has 0 rings (SSSR count). The molecule has 0 bridgehead atoms. The minimum Gasteiger partial charge on any atom is -0.307 e. The van der Waals surface area contributed by atoms with Crippen LogP contribution >= 0.6 is 0 Å². The monoisotopic (exact) mass is 157 g/mol. The number of unbranched alkanes of at least 4 members (excludes halogenated alkanes) is 2. The Balaban J connectivity index is 0. The summed E-state index contributed by atoms with van der Waals surface area (Å²) in [6.07, 6.45) is 4.07. The lowest BCUT2D eigenvalue weighted by Crippen LogP contribution is -2.18. The summed E-state index contributed by atoms with van der Waals surface area (Å²) in [5.41, 5.74) is 0. The molecular weight excluding hydrogens is 134 g/mol. The summed E-state index contributed by atoms with van der Waals surface area (Å²) in [4.78, 5) is 2.36. The van der Waals surface area contributed by atoms with Crippen molar-refractivity contribution in [3.8, 4) is 0 Å². The highest BCUT2D eigenvalue weighted by molar-refractivity contribution is 4.46. The largest absolute Gasteiger partial charge is 0.307 e. The van der Waals surface area contributed by atoms with Gasteiger partial charge < -0.3 is 4.90 Å². The minimum absolute atomic E-state index is 1.18. The Morgan fingerprint density at radius 2 is 1.64 bits per heavy atom. The second-order valence-corrected chi connectivity index (χ2v) is 2.60. The molecule has 0 aromatic heterocycles. The lowest BCUT2D eigenvalue weighted by atomic mass is 10.2.